The number of unbranched alkanes of at least 4 members (excludes halogenated alkanes) is 33. The zero-order valence-corrected chi connectivity index (χ0v) is 47.7. The third kappa shape index (κ3) is 57.7. The van der Waals surface area contributed by atoms with E-state index in [-0.39, 0.29) is 31.1 Å². The largest absolute Gasteiger partial charge is 0.462 e. The van der Waals surface area contributed by atoms with Gasteiger partial charge in [-0.05, 0) is 116 Å². The first kappa shape index (κ1) is 68.8. The summed E-state index contributed by atoms with van der Waals surface area (Å²) in [6.07, 6.45) is 77.5. The van der Waals surface area contributed by atoms with Gasteiger partial charge in [0.15, 0.2) is 6.10 Å². The Hall–Kier alpha value is -3.15. The molecule has 6 heteroatoms. The standard InChI is InChI=1S/C66H116O6/c1-4-7-10-13-16-19-22-25-28-30-32-33-34-36-38-41-44-47-50-53-56-59-65(68)71-62-63(61-70-64(67)58-55-52-49-46-43-40-37-27-24-21-18-15-12-9-6-3)72-66(69)60-57-54-51-48-45-42-39-35-31-29-26-23-20-17-14-11-8-5-2/h18,20-23,25,27,29-32,37,63H,4-17,19,24,26,28,33-36,38-62H2,1-3H3/b21-18-,23-20-,25-22-,31-29-,32-30-,37-27-. The van der Waals surface area contributed by atoms with Crippen LogP contribution in [0.1, 0.15) is 310 Å². The fourth-order valence-corrected chi connectivity index (χ4v) is 8.71. The molecular weight excluding hydrogens is 889 g/mol. The van der Waals surface area contributed by atoms with Crippen LogP contribution in [0.4, 0.5) is 0 Å². The van der Waals surface area contributed by atoms with Gasteiger partial charge in [0.25, 0.3) is 0 Å². The first-order chi connectivity index (χ1) is 35.5. The molecule has 416 valence electrons. The van der Waals surface area contributed by atoms with Gasteiger partial charge in [0.1, 0.15) is 13.2 Å². The molecule has 1 unspecified atom stereocenters. The van der Waals surface area contributed by atoms with Gasteiger partial charge < -0.3 is 14.2 Å². The maximum atomic E-state index is 12.9. The number of hydrogen-bond acceptors (Lipinski definition) is 6. The van der Waals surface area contributed by atoms with E-state index in [2.05, 4.69) is 93.7 Å². The molecule has 0 saturated heterocycles. The Morgan fingerprint density at radius 1 is 0.278 bits per heavy atom. The second-order valence-electron chi connectivity index (χ2n) is 20.6. The van der Waals surface area contributed by atoms with Gasteiger partial charge in [0, 0.05) is 19.3 Å². The zero-order valence-electron chi connectivity index (χ0n) is 47.7. The fraction of sp³-hybridized carbons (Fsp3) is 0.773. The van der Waals surface area contributed by atoms with Crippen LogP contribution in [-0.4, -0.2) is 37.2 Å². The van der Waals surface area contributed by atoms with Crippen molar-refractivity contribution in [3.63, 3.8) is 0 Å². The normalized spacial score (nSPS) is 12.5. The topological polar surface area (TPSA) is 78.9 Å². The quantitative estimate of drug-likeness (QED) is 0.0261. The third-order valence-corrected chi connectivity index (χ3v) is 13.4. The molecule has 0 amide bonds. The van der Waals surface area contributed by atoms with E-state index in [4.69, 9.17) is 14.2 Å². The van der Waals surface area contributed by atoms with E-state index in [1.807, 2.05) is 0 Å². The molecule has 0 N–H and O–H groups in total. The number of hydrogen-bond donors (Lipinski definition) is 0. The molecule has 0 aromatic heterocycles. The molecule has 0 aliphatic heterocycles. The molecule has 0 radical (unpaired) electrons. The molecule has 0 fully saturated rings. The van der Waals surface area contributed by atoms with E-state index in [0.29, 0.717) is 19.3 Å². The van der Waals surface area contributed by atoms with Gasteiger partial charge >= 0.3 is 17.9 Å². The smallest absolute Gasteiger partial charge is 0.306 e. The van der Waals surface area contributed by atoms with Crippen LogP contribution in [-0.2, 0) is 28.6 Å². The Labute approximate surface area is 446 Å². The number of allylic oxidation sites excluding steroid dienone is 12. The highest BCUT2D eigenvalue weighted by molar-refractivity contribution is 5.71. The number of esters is 3. The lowest BCUT2D eigenvalue weighted by Crippen LogP contribution is -2.30. The lowest BCUT2D eigenvalue weighted by Gasteiger charge is -2.18. The maximum Gasteiger partial charge on any atom is 0.306 e. The molecule has 1 atom stereocenters. The van der Waals surface area contributed by atoms with Crippen LogP contribution < -0.4 is 0 Å². The van der Waals surface area contributed by atoms with Crippen LogP contribution >= 0.6 is 0 Å². The van der Waals surface area contributed by atoms with Gasteiger partial charge in [0.2, 0.25) is 0 Å². The predicted molar refractivity (Wildman–Crippen MR) is 311 cm³/mol. The minimum absolute atomic E-state index is 0.0847. The van der Waals surface area contributed by atoms with Crippen molar-refractivity contribution in [2.45, 2.75) is 316 Å². The second-order valence-corrected chi connectivity index (χ2v) is 20.6. The Balaban J connectivity index is 4.39. The van der Waals surface area contributed by atoms with Crippen LogP contribution in [0.3, 0.4) is 0 Å². The van der Waals surface area contributed by atoms with Gasteiger partial charge in [-0.15, -0.1) is 0 Å². The molecule has 0 aliphatic carbocycles. The van der Waals surface area contributed by atoms with Crippen molar-refractivity contribution in [3.8, 4) is 0 Å². The first-order valence-electron chi connectivity index (χ1n) is 30.9. The minimum atomic E-state index is -0.788. The molecule has 0 aromatic carbocycles. The van der Waals surface area contributed by atoms with Crippen molar-refractivity contribution in [1.82, 2.24) is 0 Å². The average Bonchev–Trinajstić information content (AvgIpc) is 3.38. The molecule has 6 nitrogen and oxygen atoms in total. The van der Waals surface area contributed by atoms with E-state index in [1.54, 1.807) is 0 Å². The van der Waals surface area contributed by atoms with E-state index < -0.39 is 6.10 Å². The monoisotopic (exact) mass is 1000 g/mol. The number of rotatable bonds is 56. The van der Waals surface area contributed by atoms with Crippen molar-refractivity contribution in [2.24, 2.45) is 0 Å². The average molecular weight is 1010 g/mol. The van der Waals surface area contributed by atoms with Gasteiger partial charge in [-0.25, -0.2) is 0 Å². The first-order valence-corrected chi connectivity index (χ1v) is 30.9. The third-order valence-electron chi connectivity index (χ3n) is 13.4. The molecule has 0 saturated carbocycles. The Bertz CT molecular complexity index is 1340. The van der Waals surface area contributed by atoms with Gasteiger partial charge in [-0.2, -0.15) is 0 Å². The van der Waals surface area contributed by atoms with E-state index in [9.17, 15) is 14.4 Å². The van der Waals surface area contributed by atoms with Gasteiger partial charge in [0.05, 0.1) is 0 Å². The number of carbonyl (C=O) groups excluding carboxylic acids is 3. The van der Waals surface area contributed by atoms with Crippen LogP contribution in [0.25, 0.3) is 0 Å². The van der Waals surface area contributed by atoms with Gasteiger partial charge in [-0.1, -0.05) is 248 Å². The summed E-state index contributed by atoms with van der Waals surface area (Å²) in [5, 5.41) is 0. The summed E-state index contributed by atoms with van der Waals surface area (Å²) in [6.45, 7) is 6.59. The Morgan fingerprint density at radius 3 is 0.806 bits per heavy atom. The summed E-state index contributed by atoms with van der Waals surface area (Å²) in [5.74, 6) is -0.899. The molecule has 0 aromatic rings. The minimum Gasteiger partial charge on any atom is -0.462 e. The Morgan fingerprint density at radius 2 is 0.500 bits per heavy atom. The van der Waals surface area contributed by atoms with E-state index in [1.165, 1.54) is 173 Å². The summed E-state index contributed by atoms with van der Waals surface area (Å²) in [4.78, 5) is 38.3. The molecule has 72 heavy (non-hydrogen) atoms. The number of carbonyl (C=O) groups is 3. The number of ether oxygens (including phenoxy) is 3. The summed E-state index contributed by atoms with van der Waals surface area (Å²) in [6, 6.07) is 0. The molecule has 0 spiro atoms. The fourth-order valence-electron chi connectivity index (χ4n) is 8.71. The molecule has 0 bridgehead atoms. The summed E-state index contributed by atoms with van der Waals surface area (Å²) in [5.41, 5.74) is 0. The lowest BCUT2D eigenvalue weighted by atomic mass is 10.1. The molecule has 0 rings (SSSR count). The van der Waals surface area contributed by atoms with Crippen molar-refractivity contribution in [3.05, 3.63) is 72.9 Å². The SMILES string of the molecule is CCCCC/C=C\C/C=C\CCCCCCCC(=O)OCC(COC(=O)CCCCCCCCCCC/C=C\C/C=C\CCCCCCC)OC(=O)CCCCCCCCC/C=C\C/C=C\CCCCCC. The lowest BCUT2D eigenvalue weighted by molar-refractivity contribution is -0.167. The van der Waals surface area contributed by atoms with Crippen LogP contribution in [0.5, 0.6) is 0 Å². The van der Waals surface area contributed by atoms with E-state index in [0.717, 1.165) is 96.3 Å². The van der Waals surface area contributed by atoms with Crippen LogP contribution in [0.2, 0.25) is 0 Å². The van der Waals surface area contributed by atoms with Crippen molar-refractivity contribution in [1.29, 1.82) is 0 Å². The maximum absolute atomic E-state index is 12.9. The highest BCUT2D eigenvalue weighted by atomic mass is 16.6. The summed E-state index contributed by atoms with van der Waals surface area (Å²) in [7, 11) is 0. The predicted octanol–water partition coefficient (Wildman–Crippen LogP) is 20.9. The van der Waals surface area contributed by atoms with Crippen LogP contribution in [0, 0.1) is 0 Å². The second kappa shape index (κ2) is 60.4. The summed E-state index contributed by atoms with van der Waals surface area (Å²) >= 11 is 0. The Kier molecular flexibility index (Phi) is 57.8. The van der Waals surface area contributed by atoms with Crippen molar-refractivity contribution >= 4 is 17.9 Å². The molecular formula is C66H116O6. The van der Waals surface area contributed by atoms with Crippen LogP contribution in [0.15, 0.2) is 72.9 Å². The highest BCUT2D eigenvalue weighted by Gasteiger charge is 2.19. The van der Waals surface area contributed by atoms with Crippen molar-refractivity contribution in [2.75, 3.05) is 13.2 Å². The van der Waals surface area contributed by atoms with E-state index >= 15 is 0 Å². The van der Waals surface area contributed by atoms with Gasteiger partial charge in [-0.3, -0.25) is 14.4 Å². The molecule has 0 heterocycles. The highest BCUT2D eigenvalue weighted by Crippen LogP contribution is 2.15. The summed E-state index contributed by atoms with van der Waals surface area (Å²) < 4.78 is 16.9. The molecule has 0 aliphatic rings. The van der Waals surface area contributed by atoms with Crippen molar-refractivity contribution < 1.29 is 28.6 Å². The zero-order chi connectivity index (χ0) is 52.2.